The standard InChI is InChI=1S/C16H26BrClN2/c1-4-6-12-7-8-14(18)13(9-12)10-15-16(17)11(3)19-20(15)5-2/h12-14H,4-10H2,1-3H3. The Labute approximate surface area is 136 Å². The van der Waals surface area contributed by atoms with Gasteiger partial charge in [0, 0.05) is 11.9 Å². The first-order chi connectivity index (χ1) is 9.56. The molecule has 3 unspecified atom stereocenters. The van der Waals surface area contributed by atoms with Gasteiger partial charge in [-0.1, -0.05) is 19.8 Å². The first kappa shape index (κ1) is 16.4. The Hall–Kier alpha value is -0.0200. The van der Waals surface area contributed by atoms with Gasteiger partial charge in [0.1, 0.15) is 0 Å². The van der Waals surface area contributed by atoms with Gasteiger partial charge in [0.25, 0.3) is 0 Å². The third-order valence-electron chi connectivity index (χ3n) is 4.60. The highest BCUT2D eigenvalue weighted by Gasteiger charge is 2.30. The SMILES string of the molecule is CCCC1CCC(Cl)C(Cc2c(Br)c(C)nn2CC)C1. The minimum atomic E-state index is 0.329. The molecule has 114 valence electrons. The lowest BCUT2D eigenvalue weighted by atomic mass is 9.77. The van der Waals surface area contributed by atoms with Crippen molar-refractivity contribution in [2.75, 3.05) is 0 Å². The van der Waals surface area contributed by atoms with Gasteiger partial charge in [0.2, 0.25) is 0 Å². The average molecular weight is 362 g/mol. The van der Waals surface area contributed by atoms with E-state index < -0.39 is 0 Å². The fraction of sp³-hybridized carbons (Fsp3) is 0.812. The minimum absolute atomic E-state index is 0.329. The first-order valence-corrected chi connectivity index (χ1v) is 9.15. The molecular weight excluding hydrogens is 336 g/mol. The van der Waals surface area contributed by atoms with Crippen molar-refractivity contribution in [2.24, 2.45) is 11.8 Å². The summed E-state index contributed by atoms with van der Waals surface area (Å²) in [6.45, 7) is 7.44. The molecule has 3 atom stereocenters. The van der Waals surface area contributed by atoms with Crippen LogP contribution in [0.2, 0.25) is 0 Å². The smallest absolute Gasteiger partial charge is 0.0738 e. The minimum Gasteiger partial charge on any atom is -0.268 e. The zero-order valence-electron chi connectivity index (χ0n) is 12.8. The second-order valence-corrected chi connectivity index (χ2v) is 7.46. The molecule has 0 saturated heterocycles. The monoisotopic (exact) mass is 360 g/mol. The summed E-state index contributed by atoms with van der Waals surface area (Å²) in [6.07, 6.45) is 7.47. The molecule has 0 N–H and O–H groups in total. The first-order valence-electron chi connectivity index (χ1n) is 7.92. The number of hydrogen-bond donors (Lipinski definition) is 0. The maximum Gasteiger partial charge on any atom is 0.0738 e. The molecule has 0 spiro atoms. The van der Waals surface area contributed by atoms with Crippen molar-refractivity contribution in [3.05, 3.63) is 15.9 Å². The van der Waals surface area contributed by atoms with Gasteiger partial charge in [-0.15, -0.1) is 11.6 Å². The molecule has 0 aromatic carbocycles. The zero-order chi connectivity index (χ0) is 14.7. The number of rotatable bonds is 5. The molecule has 1 aromatic rings. The average Bonchev–Trinajstić information content (AvgIpc) is 2.70. The van der Waals surface area contributed by atoms with Crippen LogP contribution in [0.1, 0.15) is 57.3 Å². The maximum absolute atomic E-state index is 6.61. The molecule has 2 nitrogen and oxygen atoms in total. The Morgan fingerprint density at radius 3 is 2.75 bits per heavy atom. The highest BCUT2D eigenvalue weighted by molar-refractivity contribution is 9.10. The van der Waals surface area contributed by atoms with Gasteiger partial charge in [-0.2, -0.15) is 5.10 Å². The summed E-state index contributed by atoms with van der Waals surface area (Å²) in [5.41, 5.74) is 2.42. The van der Waals surface area contributed by atoms with E-state index in [9.17, 15) is 0 Å². The topological polar surface area (TPSA) is 17.8 Å². The molecule has 1 aliphatic rings. The molecule has 1 aromatic heterocycles. The van der Waals surface area contributed by atoms with E-state index in [-0.39, 0.29) is 0 Å². The van der Waals surface area contributed by atoms with Crippen molar-refractivity contribution in [1.82, 2.24) is 9.78 Å². The van der Waals surface area contributed by atoms with Crippen LogP contribution in [0, 0.1) is 18.8 Å². The maximum atomic E-state index is 6.61. The van der Waals surface area contributed by atoms with Crippen LogP contribution in [0.5, 0.6) is 0 Å². The molecule has 4 heteroatoms. The van der Waals surface area contributed by atoms with E-state index in [1.54, 1.807) is 0 Å². The Bertz CT molecular complexity index is 444. The van der Waals surface area contributed by atoms with Gasteiger partial charge < -0.3 is 0 Å². The van der Waals surface area contributed by atoms with E-state index in [1.807, 2.05) is 0 Å². The third-order valence-corrected chi connectivity index (χ3v) is 6.21. The highest BCUT2D eigenvalue weighted by Crippen LogP contribution is 2.38. The molecule has 1 fully saturated rings. The lowest BCUT2D eigenvalue weighted by Gasteiger charge is -2.33. The van der Waals surface area contributed by atoms with E-state index in [4.69, 9.17) is 11.6 Å². The predicted octanol–water partition coefficient (Wildman–Crippen LogP) is 5.34. The number of aromatic nitrogens is 2. The number of alkyl halides is 1. The molecule has 0 aliphatic heterocycles. The van der Waals surface area contributed by atoms with Crippen LogP contribution in [0.4, 0.5) is 0 Å². The molecular formula is C16H26BrClN2. The molecule has 0 amide bonds. The van der Waals surface area contributed by atoms with Crippen LogP contribution in [-0.2, 0) is 13.0 Å². The number of hydrogen-bond acceptors (Lipinski definition) is 1. The molecule has 1 aliphatic carbocycles. The quantitative estimate of drug-likeness (QED) is 0.647. The van der Waals surface area contributed by atoms with Gasteiger partial charge in [-0.25, -0.2) is 0 Å². The van der Waals surface area contributed by atoms with Crippen molar-refractivity contribution in [3.63, 3.8) is 0 Å². The van der Waals surface area contributed by atoms with Gasteiger partial charge in [-0.05, 0) is 67.3 Å². The van der Waals surface area contributed by atoms with E-state index in [0.29, 0.717) is 11.3 Å². The largest absolute Gasteiger partial charge is 0.268 e. The molecule has 2 rings (SSSR count). The van der Waals surface area contributed by atoms with E-state index in [2.05, 4.69) is 46.5 Å². The van der Waals surface area contributed by atoms with Gasteiger partial charge in [-0.3, -0.25) is 4.68 Å². The van der Waals surface area contributed by atoms with Gasteiger partial charge in [0.05, 0.1) is 15.9 Å². The van der Waals surface area contributed by atoms with Crippen molar-refractivity contribution < 1.29 is 0 Å². The van der Waals surface area contributed by atoms with Crippen LogP contribution in [0.3, 0.4) is 0 Å². The van der Waals surface area contributed by atoms with Crippen molar-refractivity contribution >= 4 is 27.5 Å². The number of halogens is 2. The van der Waals surface area contributed by atoms with E-state index in [1.165, 1.54) is 42.3 Å². The van der Waals surface area contributed by atoms with Crippen LogP contribution >= 0.6 is 27.5 Å². The highest BCUT2D eigenvalue weighted by atomic mass is 79.9. The fourth-order valence-corrected chi connectivity index (χ4v) is 4.28. The van der Waals surface area contributed by atoms with Crippen LogP contribution in [-0.4, -0.2) is 15.2 Å². The van der Waals surface area contributed by atoms with Crippen LogP contribution < -0.4 is 0 Å². The molecule has 0 radical (unpaired) electrons. The summed E-state index contributed by atoms with van der Waals surface area (Å²) in [4.78, 5) is 0. The normalized spacial score (nSPS) is 26.9. The Morgan fingerprint density at radius 1 is 1.35 bits per heavy atom. The Kier molecular flexibility index (Phi) is 5.97. The Morgan fingerprint density at radius 2 is 2.10 bits per heavy atom. The molecule has 20 heavy (non-hydrogen) atoms. The van der Waals surface area contributed by atoms with Crippen molar-refractivity contribution in [2.45, 2.75) is 71.2 Å². The summed E-state index contributed by atoms with van der Waals surface area (Å²) < 4.78 is 3.31. The van der Waals surface area contributed by atoms with Gasteiger partial charge in [0.15, 0.2) is 0 Å². The zero-order valence-corrected chi connectivity index (χ0v) is 15.2. The Balaban J connectivity index is 2.11. The summed E-state index contributed by atoms with van der Waals surface area (Å²) in [5.74, 6) is 1.47. The lowest BCUT2D eigenvalue weighted by Crippen LogP contribution is -2.28. The molecule has 1 heterocycles. The van der Waals surface area contributed by atoms with E-state index in [0.717, 1.165) is 24.6 Å². The predicted molar refractivity (Wildman–Crippen MR) is 89.4 cm³/mol. The number of nitrogens with zero attached hydrogens (tertiary/aromatic N) is 2. The number of aryl methyl sites for hydroxylation is 2. The third kappa shape index (κ3) is 3.59. The molecule has 1 saturated carbocycles. The van der Waals surface area contributed by atoms with Crippen molar-refractivity contribution in [3.8, 4) is 0 Å². The summed E-state index contributed by atoms with van der Waals surface area (Å²) in [5, 5.41) is 4.93. The summed E-state index contributed by atoms with van der Waals surface area (Å²) in [6, 6.07) is 0. The van der Waals surface area contributed by atoms with Crippen LogP contribution in [0.25, 0.3) is 0 Å². The van der Waals surface area contributed by atoms with Crippen molar-refractivity contribution in [1.29, 1.82) is 0 Å². The summed E-state index contributed by atoms with van der Waals surface area (Å²) in [7, 11) is 0. The second kappa shape index (κ2) is 7.31. The molecule has 0 bridgehead atoms. The fourth-order valence-electron chi connectivity index (χ4n) is 3.52. The van der Waals surface area contributed by atoms with Gasteiger partial charge >= 0.3 is 0 Å². The van der Waals surface area contributed by atoms with E-state index >= 15 is 0 Å². The lowest BCUT2D eigenvalue weighted by molar-refractivity contribution is 0.254. The second-order valence-electron chi connectivity index (χ2n) is 6.11. The summed E-state index contributed by atoms with van der Waals surface area (Å²) >= 11 is 10.3. The van der Waals surface area contributed by atoms with Crippen LogP contribution in [0.15, 0.2) is 4.47 Å².